The molecule has 0 fully saturated rings. The smallest absolute Gasteiger partial charge is 0.338 e. The number of carboxylic acids is 1. The fourth-order valence-electron chi connectivity index (χ4n) is 1.75. The van der Waals surface area contributed by atoms with Crippen molar-refractivity contribution >= 4 is 39.0 Å². The first kappa shape index (κ1) is 14.3. The van der Waals surface area contributed by atoms with E-state index in [2.05, 4.69) is 21.2 Å². The van der Waals surface area contributed by atoms with Crippen LogP contribution in [0.4, 0.5) is 21.5 Å². The molecule has 0 spiro atoms. The van der Waals surface area contributed by atoms with Gasteiger partial charge in [-0.25, -0.2) is 9.18 Å². The fourth-order valence-corrected chi connectivity index (χ4v) is 2.11. The zero-order chi connectivity index (χ0) is 14.9. The molecule has 2 rings (SSSR count). The third-order valence-corrected chi connectivity index (χ3v) is 3.88. The monoisotopic (exact) mass is 338 g/mol. The maximum absolute atomic E-state index is 13.7. The number of carboxylic acid groups (broad SMARTS) is 1. The van der Waals surface area contributed by atoms with Crippen LogP contribution in [-0.4, -0.2) is 11.1 Å². The lowest BCUT2D eigenvalue weighted by molar-refractivity contribution is 0.0692. The van der Waals surface area contributed by atoms with Crippen molar-refractivity contribution in [2.45, 2.75) is 6.92 Å². The van der Waals surface area contributed by atoms with Gasteiger partial charge in [-0.2, -0.15) is 0 Å². The molecule has 2 aromatic carbocycles. The molecular weight excluding hydrogens is 327 g/mol. The lowest BCUT2D eigenvalue weighted by atomic mass is 10.1. The van der Waals surface area contributed by atoms with Crippen LogP contribution in [-0.2, 0) is 0 Å². The van der Waals surface area contributed by atoms with E-state index in [4.69, 9.17) is 10.8 Å². The minimum atomic E-state index is -1.35. The summed E-state index contributed by atoms with van der Waals surface area (Å²) >= 11 is 3.43. The van der Waals surface area contributed by atoms with Crippen LogP contribution >= 0.6 is 15.9 Å². The summed E-state index contributed by atoms with van der Waals surface area (Å²) in [5, 5.41) is 11.8. The number of aryl methyl sites for hydroxylation is 1. The van der Waals surface area contributed by atoms with Gasteiger partial charge in [0, 0.05) is 10.5 Å². The summed E-state index contributed by atoms with van der Waals surface area (Å²) in [5.74, 6) is -2.18. The van der Waals surface area contributed by atoms with Gasteiger partial charge in [-0.15, -0.1) is 0 Å². The second-order valence-electron chi connectivity index (χ2n) is 4.29. The van der Waals surface area contributed by atoms with Gasteiger partial charge in [0.05, 0.1) is 22.6 Å². The van der Waals surface area contributed by atoms with Crippen molar-refractivity contribution < 1.29 is 14.3 Å². The highest BCUT2D eigenvalue weighted by Gasteiger charge is 2.14. The summed E-state index contributed by atoms with van der Waals surface area (Å²) in [5.41, 5.74) is 7.52. The summed E-state index contributed by atoms with van der Waals surface area (Å²) in [4.78, 5) is 10.8. The molecule has 0 aliphatic rings. The molecule has 0 aromatic heterocycles. The molecule has 0 saturated carbocycles. The van der Waals surface area contributed by atoms with Gasteiger partial charge in [-0.05, 0) is 40.5 Å². The largest absolute Gasteiger partial charge is 0.478 e. The number of hydrogen-bond acceptors (Lipinski definition) is 3. The molecule has 4 nitrogen and oxygen atoms in total. The van der Waals surface area contributed by atoms with Gasteiger partial charge in [0.25, 0.3) is 0 Å². The van der Waals surface area contributed by atoms with Crippen molar-refractivity contribution in [3.8, 4) is 0 Å². The van der Waals surface area contributed by atoms with E-state index in [-0.39, 0.29) is 5.69 Å². The number of nitrogen functional groups attached to an aromatic ring is 1. The van der Waals surface area contributed by atoms with E-state index >= 15 is 0 Å². The van der Waals surface area contributed by atoms with Crippen LogP contribution in [0.5, 0.6) is 0 Å². The Morgan fingerprint density at radius 2 is 2.05 bits per heavy atom. The van der Waals surface area contributed by atoms with E-state index in [0.29, 0.717) is 5.69 Å². The van der Waals surface area contributed by atoms with Gasteiger partial charge in [0.15, 0.2) is 0 Å². The maximum Gasteiger partial charge on any atom is 0.338 e. The molecule has 20 heavy (non-hydrogen) atoms. The van der Waals surface area contributed by atoms with Crippen molar-refractivity contribution in [3.05, 3.63) is 51.7 Å². The van der Waals surface area contributed by atoms with E-state index in [1.54, 1.807) is 6.07 Å². The first-order valence-electron chi connectivity index (χ1n) is 5.74. The molecular formula is C14H12BrFN2O2. The minimum Gasteiger partial charge on any atom is -0.478 e. The number of nitrogens with one attached hydrogen (secondary N) is 1. The first-order chi connectivity index (χ1) is 9.40. The molecule has 0 bridgehead atoms. The van der Waals surface area contributed by atoms with Crippen molar-refractivity contribution in [1.82, 2.24) is 0 Å². The quantitative estimate of drug-likeness (QED) is 0.741. The number of anilines is 3. The third-order valence-electron chi connectivity index (χ3n) is 2.83. The van der Waals surface area contributed by atoms with Gasteiger partial charge >= 0.3 is 5.97 Å². The maximum atomic E-state index is 13.7. The van der Waals surface area contributed by atoms with Crippen molar-refractivity contribution in [2.75, 3.05) is 11.1 Å². The van der Waals surface area contributed by atoms with Crippen molar-refractivity contribution in [2.24, 2.45) is 0 Å². The zero-order valence-electron chi connectivity index (χ0n) is 10.6. The minimum absolute atomic E-state index is 0.164. The average Bonchev–Trinajstić information content (AvgIpc) is 2.38. The molecule has 0 aliphatic carbocycles. The highest BCUT2D eigenvalue weighted by atomic mass is 79.9. The molecule has 104 valence electrons. The molecule has 0 amide bonds. The van der Waals surface area contributed by atoms with Crippen LogP contribution in [0.25, 0.3) is 0 Å². The number of aromatic carboxylic acids is 1. The predicted molar refractivity (Wildman–Crippen MR) is 79.9 cm³/mol. The Labute approximate surface area is 123 Å². The number of benzene rings is 2. The summed E-state index contributed by atoms with van der Waals surface area (Å²) in [6.07, 6.45) is 0. The Kier molecular flexibility index (Phi) is 3.94. The first-order valence-corrected chi connectivity index (χ1v) is 6.54. The van der Waals surface area contributed by atoms with Crippen LogP contribution in [0.15, 0.2) is 34.8 Å². The Balaban J connectivity index is 2.42. The molecule has 0 radical (unpaired) electrons. The van der Waals surface area contributed by atoms with E-state index in [1.165, 1.54) is 0 Å². The molecule has 4 N–H and O–H groups in total. The molecule has 0 saturated heterocycles. The fraction of sp³-hybridized carbons (Fsp3) is 0.0714. The normalized spacial score (nSPS) is 10.3. The molecule has 2 aromatic rings. The van der Waals surface area contributed by atoms with Crippen LogP contribution in [0.2, 0.25) is 0 Å². The molecule has 0 aliphatic heterocycles. The van der Waals surface area contributed by atoms with E-state index in [0.717, 1.165) is 27.9 Å². The SMILES string of the molecule is Cc1cccc(Nc2cc(F)c(C(=O)O)cc2N)c1Br. The molecule has 0 atom stereocenters. The van der Waals surface area contributed by atoms with Gasteiger partial charge in [-0.3, -0.25) is 0 Å². The van der Waals surface area contributed by atoms with E-state index in [1.807, 2.05) is 19.1 Å². The average molecular weight is 339 g/mol. The van der Waals surface area contributed by atoms with Crippen molar-refractivity contribution in [3.63, 3.8) is 0 Å². The Bertz CT molecular complexity index is 689. The van der Waals surface area contributed by atoms with E-state index < -0.39 is 17.3 Å². The Hall–Kier alpha value is -2.08. The third kappa shape index (κ3) is 2.75. The summed E-state index contributed by atoms with van der Waals surface area (Å²) in [7, 11) is 0. The van der Waals surface area contributed by atoms with E-state index in [9.17, 15) is 9.18 Å². The highest BCUT2D eigenvalue weighted by molar-refractivity contribution is 9.10. The van der Waals surface area contributed by atoms with Gasteiger partial charge in [-0.1, -0.05) is 12.1 Å². The second-order valence-corrected chi connectivity index (χ2v) is 5.08. The Morgan fingerprint density at radius 3 is 2.70 bits per heavy atom. The van der Waals surface area contributed by atoms with Crippen LogP contribution in [0.1, 0.15) is 15.9 Å². The van der Waals surface area contributed by atoms with Gasteiger partial charge in [0.2, 0.25) is 0 Å². The number of halogens is 2. The summed E-state index contributed by atoms with van der Waals surface area (Å²) < 4.78 is 14.5. The Morgan fingerprint density at radius 1 is 1.35 bits per heavy atom. The number of carbonyl (C=O) groups is 1. The van der Waals surface area contributed by atoms with Crippen LogP contribution < -0.4 is 11.1 Å². The van der Waals surface area contributed by atoms with Gasteiger partial charge in [0.1, 0.15) is 5.82 Å². The molecule has 0 heterocycles. The molecule has 6 heteroatoms. The van der Waals surface area contributed by atoms with Crippen molar-refractivity contribution in [1.29, 1.82) is 0 Å². The van der Waals surface area contributed by atoms with Gasteiger partial charge < -0.3 is 16.2 Å². The number of nitrogens with two attached hydrogens (primary N) is 1. The lowest BCUT2D eigenvalue weighted by Gasteiger charge is -2.13. The second kappa shape index (κ2) is 5.50. The standard InChI is InChI=1S/C14H12BrFN2O2/c1-7-3-2-4-11(13(7)15)18-12-6-9(16)8(14(19)20)5-10(12)17/h2-6,18H,17H2,1H3,(H,19,20). The predicted octanol–water partition coefficient (Wildman–Crippen LogP) is 3.92. The number of hydrogen-bond donors (Lipinski definition) is 3. The molecule has 0 unspecified atom stereocenters. The topological polar surface area (TPSA) is 75.3 Å². The van der Waals surface area contributed by atoms with Crippen LogP contribution in [0, 0.1) is 12.7 Å². The van der Waals surface area contributed by atoms with Crippen LogP contribution in [0.3, 0.4) is 0 Å². The highest BCUT2D eigenvalue weighted by Crippen LogP contribution is 2.32. The summed E-state index contributed by atoms with van der Waals surface area (Å²) in [6, 6.07) is 7.75. The summed E-state index contributed by atoms with van der Waals surface area (Å²) in [6.45, 7) is 1.92. The lowest BCUT2D eigenvalue weighted by Crippen LogP contribution is -2.05. The number of rotatable bonds is 3. The zero-order valence-corrected chi connectivity index (χ0v) is 12.2.